The normalized spacial score (nSPS) is 12.5. The van der Waals surface area contributed by atoms with Crippen LogP contribution in [0.4, 0.5) is 0 Å². The van der Waals surface area contributed by atoms with Crippen LogP contribution < -0.4 is 5.73 Å². The molecule has 4 nitrogen and oxygen atoms in total. The van der Waals surface area contributed by atoms with Gasteiger partial charge in [-0.25, -0.2) is 0 Å². The topological polar surface area (TPSA) is 59.5 Å². The number of carbonyl (C=O) groups excluding carboxylic acids is 1. The zero-order valence-corrected chi connectivity index (χ0v) is 10.2. The number of carbonyl (C=O) groups is 1. The molecular formula is C12H20N2O2. The Labute approximate surface area is 96.4 Å². The van der Waals surface area contributed by atoms with E-state index in [4.69, 9.17) is 10.2 Å². The molecule has 0 aliphatic rings. The van der Waals surface area contributed by atoms with Crippen molar-refractivity contribution in [2.24, 2.45) is 11.7 Å². The van der Waals surface area contributed by atoms with Gasteiger partial charge in [-0.1, -0.05) is 6.92 Å². The van der Waals surface area contributed by atoms with E-state index in [0.29, 0.717) is 13.1 Å². The molecule has 0 fully saturated rings. The molecule has 1 aromatic rings. The van der Waals surface area contributed by atoms with Crippen LogP contribution in [0.2, 0.25) is 0 Å². The molecule has 1 atom stereocenters. The van der Waals surface area contributed by atoms with E-state index in [2.05, 4.69) is 0 Å². The van der Waals surface area contributed by atoms with E-state index in [0.717, 1.165) is 17.7 Å². The molecule has 1 rings (SSSR count). The molecule has 1 unspecified atom stereocenters. The van der Waals surface area contributed by atoms with E-state index in [1.807, 2.05) is 27.0 Å². The lowest BCUT2D eigenvalue weighted by Crippen LogP contribution is -2.32. The van der Waals surface area contributed by atoms with Crippen molar-refractivity contribution in [3.8, 4) is 0 Å². The zero-order valence-electron chi connectivity index (χ0n) is 10.2. The maximum absolute atomic E-state index is 11.9. The van der Waals surface area contributed by atoms with Crippen molar-refractivity contribution in [2.75, 3.05) is 13.6 Å². The summed E-state index contributed by atoms with van der Waals surface area (Å²) in [5, 5.41) is 0. The Morgan fingerprint density at radius 1 is 1.62 bits per heavy atom. The molecule has 4 heteroatoms. The van der Waals surface area contributed by atoms with Crippen LogP contribution in [0.15, 0.2) is 16.7 Å². The Bertz CT molecular complexity index is 347. The number of furan rings is 1. The molecule has 1 amide bonds. The molecule has 0 aliphatic heterocycles. The van der Waals surface area contributed by atoms with Gasteiger partial charge in [-0.05, 0) is 26.0 Å². The molecule has 0 aliphatic carbocycles. The van der Waals surface area contributed by atoms with Crippen molar-refractivity contribution in [2.45, 2.75) is 26.8 Å². The van der Waals surface area contributed by atoms with Gasteiger partial charge in [0.2, 0.25) is 5.91 Å². The van der Waals surface area contributed by atoms with Crippen LogP contribution >= 0.6 is 0 Å². The number of hydrogen-bond acceptors (Lipinski definition) is 3. The minimum absolute atomic E-state index is 0.0118. The summed E-state index contributed by atoms with van der Waals surface area (Å²) in [5.41, 5.74) is 6.49. The molecule has 90 valence electrons. The Hall–Kier alpha value is -1.29. The summed E-state index contributed by atoms with van der Waals surface area (Å²) in [6.07, 6.45) is 2.37. The van der Waals surface area contributed by atoms with Crippen molar-refractivity contribution < 1.29 is 9.21 Å². The number of nitrogens with zero attached hydrogens (tertiary/aromatic N) is 1. The Morgan fingerprint density at radius 2 is 2.31 bits per heavy atom. The highest BCUT2D eigenvalue weighted by atomic mass is 16.3. The van der Waals surface area contributed by atoms with Crippen LogP contribution in [0, 0.1) is 12.8 Å². The molecule has 0 aromatic carbocycles. The van der Waals surface area contributed by atoms with Crippen LogP contribution in [0.1, 0.15) is 24.7 Å². The summed E-state index contributed by atoms with van der Waals surface area (Å²) in [4.78, 5) is 13.6. The highest BCUT2D eigenvalue weighted by molar-refractivity contribution is 5.78. The predicted molar refractivity (Wildman–Crippen MR) is 62.8 cm³/mol. The van der Waals surface area contributed by atoms with Crippen LogP contribution in [-0.4, -0.2) is 24.4 Å². The summed E-state index contributed by atoms with van der Waals surface area (Å²) in [7, 11) is 1.81. The number of nitrogens with two attached hydrogens (primary N) is 1. The lowest BCUT2D eigenvalue weighted by Gasteiger charge is -2.20. The molecule has 1 aromatic heterocycles. The van der Waals surface area contributed by atoms with Crippen LogP contribution in [0.3, 0.4) is 0 Å². The van der Waals surface area contributed by atoms with Crippen molar-refractivity contribution in [1.82, 2.24) is 4.90 Å². The molecule has 0 radical (unpaired) electrons. The number of hydrogen-bond donors (Lipinski definition) is 1. The van der Waals surface area contributed by atoms with Gasteiger partial charge in [0.05, 0.1) is 6.26 Å². The summed E-state index contributed by atoms with van der Waals surface area (Å²) >= 11 is 0. The van der Waals surface area contributed by atoms with Gasteiger partial charge < -0.3 is 15.1 Å². The predicted octanol–water partition coefficient (Wildman–Crippen LogP) is 1.53. The van der Waals surface area contributed by atoms with Crippen molar-refractivity contribution in [1.29, 1.82) is 0 Å². The van der Waals surface area contributed by atoms with Crippen molar-refractivity contribution >= 4 is 5.91 Å². The van der Waals surface area contributed by atoms with E-state index in [1.54, 1.807) is 11.2 Å². The summed E-state index contributed by atoms with van der Waals surface area (Å²) in [5.74, 6) is 0.986. The summed E-state index contributed by atoms with van der Waals surface area (Å²) in [6.45, 7) is 4.95. The average Bonchev–Trinajstić information content (AvgIpc) is 2.63. The third-order valence-corrected chi connectivity index (χ3v) is 2.77. The van der Waals surface area contributed by atoms with Gasteiger partial charge in [-0.2, -0.15) is 0 Å². The molecule has 0 saturated carbocycles. The molecule has 16 heavy (non-hydrogen) atoms. The van der Waals surface area contributed by atoms with E-state index in [-0.39, 0.29) is 11.8 Å². The monoisotopic (exact) mass is 224 g/mol. The second-order valence-electron chi connectivity index (χ2n) is 4.17. The Kier molecular flexibility index (Phi) is 4.55. The fourth-order valence-electron chi connectivity index (χ4n) is 1.66. The highest BCUT2D eigenvalue weighted by Gasteiger charge is 2.17. The van der Waals surface area contributed by atoms with Gasteiger partial charge in [-0.3, -0.25) is 4.79 Å². The molecule has 0 saturated heterocycles. The Balaban J connectivity index is 2.55. The van der Waals surface area contributed by atoms with Crippen LogP contribution in [0.5, 0.6) is 0 Å². The van der Waals surface area contributed by atoms with Gasteiger partial charge in [0.1, 0.15) is 5.76 Å². The Morgan fingerprint density at radius 3 is 2.81 bits per heavy atom. The fraction of sp³-hybridized carbons (Fsp3) is 0.583. The van der Waals surface area contributed by atoms with Crippen molar-refractivity contribution in [3.05, 3.63) is 23.7 Å². The smallest absolute Gasteiger partial charge is 0.225 e. The van der Waals surface area contributed by atoms with Gasteiger partial charge in [0.15, 0.2) is 0 Å². The summed E-state index contributed by atoms with van der Waals surface area (Å²) in [6, 6.07) is 1.90. The molecule has 1 heterocycles. The van der Waals surface area contributed by atoms with Crippen molar-refractivity contribution in [3.63, 3.8) is 0 Å². The number of rotatable bonds is 5. The van der Waals surface area contributed by atoms with E-state index < -0.39 is 0 Å². The second-order valence-corrected chi connectivity index (χ2v) is 4.17. The zero-order chi connectivity index (χ0) is 12.1. The minimum atomic E-state index is -0.0118. The molecule has 2 N–H and O–H groups in total. The minimum Gasteiger partial charge on any atom is -0.469 e. The largest absolute Gasteiger partial charge is 0.469 e. The lowest BCUT2D eigenvalue weighted by molar-refractivity contribution is -0.134. The fourth-order valence-corrected chi connectivity index (χ4v) is 1.66. The van der Waals surface area contributed by atoms with Crippen LogP contribution in [-0.2, 0) is 11.3 Å². The third kappa shape index (κ3) is 3.10. The van der Waals surface area contributed by atoms with Gasteiger partial charge in [-0.15, -0.1) is 0 Å². The standard InChI is InChI=1S/C12H20N2O2/c1-9(4-6-13)12(15)14(3)8-11-5-7-16-10(11)2/h5,7,9H,4,6,8,13H2,1-3H3. The average molecular weight is 224 g/mol. The van der Waals surface area contributed by atoms with Gasteiger partial charge >= 0.3 is 0 Å². The SMILES string of the molecule is Cc1occc1CN(C)C(=O)C(C)CCN. The van der Waals surface area contributed by atoms with E-state index >= 15 is 0 Å². The number of amides is 1. The van der Waals surface area contributed by atoms with Crippen LogP contribution in [0.25, 0.3) is 0 Å². The first-order chi connectivity index (χ1) is 7.56. The number of aryl methyl sites for hydroxylation is 1. The van der Waals surface area contributed by atoms with Gasteiger partial charge in [0.25, 0.3) is 0 Å². The quantitative estimate of drug-likeness (QED) is 0.825. The van der Waals surface area contributed by atoms with E-state index in [9.17, 15) is 4.79 Å². The molecular weight excluding hydrogens is 204 g/mol. The second kappa shape index (κ2) is 5.70. The lowest BCUT2D eigenvalue weighted by atomic mass is 10.1. The maximum atomic E-state index is 11.9. The summed E-state index contributed by atoms with van der Waals surface area (Å²) < 4.78 is 5.20. The van der Waals surface area contributed by atoms with Gasteiger partial charge in [0, 0.05) is 25.1 Å². The molecule has 0 spiro atoms. The molecule has 0 bridgehead atoms. The highest BCUT2D eigenvalue weighted by Crippen LogP contribution is 2.13. The first-order valence-corrected chi connectivity index (χ1v) is 5.54. The first kappa shape index (κ1) is 12.8. The van der Waals surface area contributed by atoms with E-state index in [1.165, 1.54) is 0 Å². The maximum Gasteiger partial charge on any atom is 0.225 e. The third-order valence-electron chi connectivity index (χ3n) is 2.77. The first-order valence-electron chi connectivity index (χ1n) is 5.54.